The number of phenolic OH excluding ortho intramolecular Hbond substituents is 1. The molecule has 0 bridgehead atoms. The van der Waals surface area contributed by atoms with Crippen molar-refractivity contribution < 1.29 is 27.2 Å². The van der Waals surface area contributed by atoms with Crippen LogP contribution in [0.25, 0.3) is 31.7 Å². The number of rotatable bonds is 4. The second-order valence-corrected chi connectivity index (χ2v) is 9.44. The molecular weight excluding hydrogens is 486 g/mol. The van der Waals surface area contributed by atoms with Crippen molar-refractivity contribution in [2.75, 3.05) is 0 Å². The number of phenols is 1. The average Bonchev–Trinajstić information content (AvgIpc) is 3.41. The SMILES string of the molecule is O=c1c2c(nc(-c3ccc(F)cc3C3CC3)n1Cc1cc(C(F)(F)F)no1)sc1c(O)cccc12. The molecule has 2 aromatic carbocycles. The van der Waals surface area contributed by atoms with Gasteiger partial charge in [-0.25, -0.2) is 9.37 Å². The molecule has 0 spiro atoms. The second-order valence-electron chi connectivity index (χ2n) is 8.44. The lowest BCUT2D eigenvalue weighted by molar-refractivity contribution is -0.142. The van der Waals surface area contributed by atoms with E-state index >= 15 is 0 Å². The molecule has 0 amide bonds. The zero-order valence-electron chi connectivity index (χ0n) is 17.8. The van der Waals surface area contributed by atoms with Gasteiger partial charge in [0, 0.05) is 17.0 Å². The van der Waals surface area contributed by atoms with E-state index in [-0.39, 0.29) is 35.2 Å². The number of aromatic nitrogens is 3. The first-order chi connectivity index (χ1) is 16.7. The standard InChI is InChI=1S/C24H15F4N3O3S/c25-12-6-7-14(16(8-12)11-4-5-11)21-29-22-19(15-2-1-3-17(32)20(15)35-22)23(33)31(21)10-13-9-18(30-34-13)24(26,27)28/h1-3,6-9,11,32H,4-5,10H2. The van der Waals surface area contributed by atoms with Crippen LogP contribution in [0.5, 0.6) is 5.75 Å². The Morgan fingerprint density at radius 3 is 2.69 bits per heavy atom. The van der Waals surface area contributed by atoms with Gasteiger partial charge < -0.3 is 9.63 Å². The molecule has 35 heavy (non-hydrogen) atoms. The molecule has 0 aliphatic heterocycles. The van der Waals surface area contributed by atoms with Crippen molar-refractivity contribution >= 4 is 31.6 Å². The van der Waals surface area contributed by atoms with Crippen molar-refractivity contribution in [3.63, 3.8) is 0 Å². The Morgan fingerprint density at radius 2 is 1.97 bits per heavy atom. The third-order valence-corrected chi connectivity index (χ3v) is 7.16. The van der Waals surface area contributed by atoms with Gasteiger partial charge in [-0.15, -0.1) is 11.3 Å². The molecule has 1 aliphatic carbocycles. The van der Waals surface area contributed by atoms with Gasteiger partial charge in [-0.3, -0.25) is 9.36 Å². The van der Waals surface area contributed by atoms with Crippen LogP contribution in [0.4, 0.5) is 17.6 Å². The molecule has 1 fully saturated rings. The van der Waals surface area contributed by atoms with Crippen LogP contribution < -0.4 is 5.56 Å². The highest BCUT2D eigenvalue weighted by molar-refractivity contribution is 7.25. The molecular formula is C24H15F4N3O3S. The summed E-state index contributed by atoms with van der Waals surface area (Å²) in [6.45, 7) is -0.363. The van der Waals surface area contributed by atoms with Gasteiger partial charge in [0.15, 0.2) is 11.5 Å². The van der Waals surface area contributed by atoms with E-state index in [4.69, 9.17) is 9.51 Å². The Labute approximate surface area is 198 Å². The van der Waals surface area contributed by atoms with Crippen LogP contribution in [0.1, 0.15) is 35.8 Å². The summed E-state index contributed by atoms with van der Waals surface area (Å²) in [6.07, 6.45) is -2.98. The van der Waals surface area contributed by atoms with Crippen LogP contribution in [0, 0.1) is 5.82 Å². The van der Waals surface area contributed by atoms with Crippen molar-refractivity contribution in [2.45, 2.75) is 31.5 Å². The lowest BCUT2D eigenvalue weighted by atomic mass is 10.0. The minimum atomic E-state index is -4.70. The number of nitrogens with zero attached hydrogens (tertiary/aromatic N) is 3. The second kappa shape index (κ2) is 7.64. The fourth-order valence-corrected chi connectivity index (χ4v) is 5.34. The molecule has 6 rings (SSSR count). The first-order valence-corrected chi connectivity index (χ1v) is 11.5. The number of hydrogen-bond donors (Lipinski definition) is 1. The first-order valence-electron chi connectivity index (χ1n) is 10.7. The molecule has 1 aliphatic rings. The number of fused-ring (bicyclic) bond motifs is 3. The largest absolute Gasteiger partial charge is 0.506 e. The Morgan fingerprint density at radius 1 is 1.17 bits per heavy atom. The monoisotopic (exact) mass is 501 g/mol. The quantitative estimate of drug-likeness (QED) is 0.303. The van der Waals surface area contributed by atoms with Gasteiger partial charge >= 0.3 is 6.18 Å². The summed E-state index contributed by atoms with van der Waals surface area (Å²) in [6, 6.07) is 9.69. The molecule has 178 valence electrons. The minimum absolute atomic E-state index is 0.0106. The van der Waals surface area contributed by atoms with Crippen molar-refractivity contribution in [1.29, 1.82) is 0 Å². The smallest absolute Gasteiger partial charge is 0.436 e. The van der Waals surface area contributed by atoms with E-state index in [0.717, 1.165) is 30.2 Å². The molecule has 3 aromatic heterocycles. The van der Waals surface area contributed by atoms with Gasteiger partial charge in [-0.1, -0.05) is 17.3 Å². The van der Waals surface area contributed by atoms with Crippen molar-refractivity contribution in [3.8, 4) is 17.1 Å². The molecule has 0 atom stereocenters. The Bertz CT molecular complexity index is 1680. The van der Waals surface area contributed by atoms with E-state index in [1.165, 1.54) is 28.8 Å². The maximum atomic E-state index is 14.1. The normalized spacial score (nSPS) is 14.3. The Kier molecular flexibility index (Phi) is 4.75. The third kappa shape index (κ3) is 3.66. The predicted octanol–water partition coefficient (Wildman–Crippen LogP) is 6.06. The van der Waals surface area contributed by atoms with Crippen LogP contribution in [0.2, 0.25) is 0 Å². The fourth-order valence-electron chi connectivity index (χ4n) is 4.26. The summed E-state index contributed by atoms with van der Waals surface area (Å²) >= 11 is 1.13. The molecule has 0 unspecified atom stereocenters. The highest BCUT2D eigenvalue weighted by Crippen LogP contribution is 2.45. The number of halogens is 4. The Balaban J connectivity index is 1.63. The lowest BCUT2D eigenvalue weighted by Gasteiger charge is -2.14. The molecule has 5 aromatic rings. The van der Waals surface area contributed by atoms with E-state index in [9.17, 15) is 27.5 Å². The van der Waals surface area contributed by atoms with Crippen LogP contribution >= 0.6 is 11.3 Å². The maximum absolute atomic E-state index is 14.1. The summed E-state index contributed by atoms with van der Waals surface area (Å²) in [5.74, 6) is -0.332. The third-order valence-electron chi connectivity index (χ3n) is 6.03. The number of thiophene rings is 1. The van der Waals surface area contributed by atoms with Crippen LogP contribution in [0.3, 0.4) is 0 Å². The summed E-state index contributed by atoms with van der Waals surface area (Å²) in [5, 5.41) is 14.1. The number of alkyl halides is 3. The van der Waals surface area contributed by atoms with Crippen LogP contribution in [-0.2, 0) is 12.7 Å². The maximum Gasteiger partial charge on any atom is 0.436 e. The summed E-state index contributed by atoms with van der Waals surface area (Å²) in [7, 11) is 0. The van der Waals surface area contributed by atoms with Gasteiger partial charge in [0.05, 0.1) is 16.6 Å². The number of hydrogen-bond acceptors (Lipinski definition) is 6. The first kappa shape index (κ1) is 21.8. The zero-order valence-corrected chi connectivity index (χ0v) is 18.6. The van der Waals surface area contributed by atoms with Gasteiger partial charge in [-0.2, -0.15) is 13.2 Å². The molecule has 3 heterocycles. The van der Waals surface area contributed by atoms with E-state index in [2.05, 4.69) is 5.16 Å². The van der Waals surface area contributed by atoms with Crippen molar-refractivity contribution in [1.82, 2.24) is 14.7 Å². The molecule has 1 saturated carbocycles. The number of aromatic hydroxyl groups is 1. The molecule has 1 N–H and O–H groups in total. The van der Waals surface area contributed by atoms with E-state index in [1.54, 1.807) is 12.1 Å². The predicted molar refractivity (Wildman–Crippen MR) is 121 cm³/mol. The lowest BCUT2D eigenvalue weighted by Crippen LogP contribution is -2.24. The summed E-state index contributed by atoms with van der Waals surface area (Å²) in [5.41, 5.74) is -0.520. The minimum Gasteiger partial charge on any atom is -0.506 e. The van der Waals surface area contributed by atoms with E-state index in [0.29, 0.717) is 26.0 Å². The molecule has 0 saturated heterocycles. The molecule has 6 nitrogen and oxygen atoms in total. The molecule has 11 heteroatoms. The average molecular weight is 501 g/mol. The van der Waals surface area contributed by atoms with Gasteiger partial charge in [-0.05, 0) is 48.6 Å². The van der Waals surface area contributed by atoms with Crippen LogP contribution in [-0.4, -0.2) is 19.8 Å². The van der Waals surface area contributed by atoms with E-state index < -0.39 is 23.2 Å². The summed E-state index contributed by atoms with van der Waals surface area (Å²) < 4.78 is 59.9. The highest BCUT2D eigenvalue weighted by Gasteiger charge is 2.35. The Hall–Kier alpha value is -3.73. The highest BCUT2D eigenvalue weighted by atomic mass is 32.1. The number of benzene rings is 2. The van der Waals surface area contributed by atoms with Gasteiger partial charge in [0.25, 0.3) is 5.56 Å². The zero-order chi connectivity index (χ0) is 24.5. The topological polar surface area (TPSA) is 81.2 Å². The van der Waals surface area contributed by atoms with Crippen molar-refractivity contribution in [2.24, 2.45) is 0 Å². The van der Waals surface area contributed by atoms with Gasteiger partial charge in [0.2, 0.25) is 0 Å². The van der Waals surface area contributed by atoms with E-state index in [1.807, 2.05) is 0 Å². The van der Waals surface area contributed by atoms with Crippen LogP contribution in [0.15, 0.2) is 51.8 Å². The van der Waals surface area contributed by atoms with Crippen molar-refractivity contribution in [3.05, 3.63) is 75.7 Å². The summed E-state index contributed by atoms with van der Waals surface area (Å²) in [4.78, 5) is 18.8. The fraction of sp³-hybridized carbons (Fsp3) is 0.208. The molecule has 0 radical (unpaired) electrons. The van der Waals surface area contributed by atoms with Gasteiger partial charge in [0.1, 0.15) is 22.2 Å².